The van der Waals surface area contributed by atoms with Gasteiger partial charge in [0.05, 0.1) is 0 Å². The lowest BCUT2D eigenvalue weighted by molar-refractivity contribution is 0.669. The Morgan fingerprint density at radius 3 is 1.67 bits per heavy atom. The quantitative estimate of drug-likeness (QED) is 0.174. The minimum absolute atomic E-state index is 0.594. The Bertz CT molecular complexity index is 2900. The number of benzene rings is 8. The molecule has 8 aromatic carbocycles. The summed E-state index contributed by atoms with van der Waals surface area (Å²) in [6, 6.07) is 61.0. The predicted molar refractivity (Wildman–Crippen MR) is 209 cm³/mol. The van der Waals surface area contributed by atoms with Crippen molar-refractivity contribution in [2.75, 3.05) is 0 Å². The van der Waals surface area contributed by atoms with Crippen molar-refractivity contribution in [1.29, 1.82) is 0 Å². The SMILES string of the molecule is c1ccc(-c2ccc(-c3nc(-c4ccccc4)nc(-c4c(-c5ccc6c(ccc7ccccc76)c5)ccc5oc6ccccc6c45)n3)cc2)cc1. The Balaban J connectivity index is 1.23. The average Bonchev–Trinajstić information content (AvgIpc) is 3.59. The van der Waals surface area contributed by atoms with Crippen molar-refractivity contribution in [3.05, 3.63) is 176 Å². The van der Waals surface area contributed by atoms with Crippen molar-refractivity contribution in [2.45, 2.75) is 0 Å². The highest BCUT2D eigenvalue weighted by Crippen LogP contribution is 2.43. The molecule has 0 spiro atoms. The van der Waals surface area contributed by atoms with Crippen LogP contribution >= 0.6 is 0 Å². The number of furan rings is 1. The molecular formula is C47H29N3O. The van der Waals surface area contributed by atoms with E-state index in [1.165, 1.54) is 21.5 Å². The summed E-state index contributed by atoms with van der Waals surface area (Å²) in [5.41, 5.74) is 8.77. The van der Waals surface area contributed by atoms with Crippen LogP contribution in [0.3, 0.4) is 0 Å². The highest BCUT2D eigenvalue weighted by Gasteiger charge is 2.22. The van der Waals surface area contributed by atoms with Gasteiger partial charge in [0.25, 0.3) is 0 Å². The molecule has 10 aromatic rings. The summed E-state index contributed by atoms with van der Waals surface area (Å²) < 4.78 is 6.44. The number of hydrogen-bond donors (Lipinski definition) is 0. The summed E-state index contributed by atoms with van der Waals surface area (Å²) in [6.45, 7) is 0. The van der Waals surface area contributed by atoms with Crippen molar-refractivity contribution in [3.8, 4) is 56.4 Å². The number of hydrogen-bond acceptors (Lipinski definition) is 4. The summed E-state index contributed by atoms with van der Waals surface area (Å²) in [5.74, 6) is 1.82. The zero-order chi connectivity index (χ0) is 33.7. The van der Waals surface area contributed by atoms with Gasteiger partial charge in [-0.25, -0.2) is 15.0 Å². The Labute approximate surface area is 294 Å². The van der Waals surface area contributed by atoms with Crippen LogP contribution < -0.4 is 0 Å². The molecule has 0 unspecified atom stereocenters. The Kier molecular flexibility index (Phi) is 6.78. The first-order chi connectivity index (χ1) is 25.3. The second kappa shape index (κ2) is 11.9. The van der Waals surface area contributed by atoms with E-state index in [4.69, 9.17) is 19.4 Å². The summed E-state index contributed by atoms with van der Waals surface area (Å²) in [7, 11) is 0. The van der Waals surface area contributed by atoms with Crippen molar-refractivity contribution in [3.63, 3.8) is 0 Å². The first kappa shape index (κ1) is 29.0. The molecule has 0 saturated heterocycles. The third-order valence-electron chi connectivity index (χ3n) is 9.74. The fourth-order valence-electron chi connectivity index (χ4n) is 7.25. The van der Waals surface area contributed by atoms with Crippen molar-refractivity contribution >= 4 is 43.5 Å². The molecule has 0 amide bonds. The summed E-state index contributed by atoms with van der Waals surface area (Å²) in [5, 5.41) is 6.87. The second-order valence-corrected chi connectivity index (χ2v) is 12.8. The molecule has 0 aliphatic rings. The van der Waals surface area contributed by atoms with Crippen LogP contribution in [-0.2, 0) is 0 Å². The van der Waals surface area contributed by atoms with E-state index in [0.717, 1.165) is 60.9 Å². The van der Waals surface area contributed by atoms with Crippen LogP contribution in [0.15, 0.2) is 180 Å². The molecule has 0 fully saturated rings. The van der Waals surface area contributed by atoms with E-state index in [0.29, 0.717) is 17.5 Å². The van der Waals surface area contributed by atoms with Gasteiger partial charge in [0.1, 0.15) is 11.2 Å². The minimum atomic E-state index is 0.594. The molecule has 4 heteroatoms. The van der Waals surface area contributed by atoms with E-state index in [1.54, 1.807) is 0 Å². The average molecular weight is 652 g/mol. The van der Waals surface area contributed by atoms with Gasteiger partial charge in [-0.05, 0) is 68.1 Å². The largest absolute Gasteiger partial charge is 0.456 e. The molecule has 4 nitrogen and oxygen atoms in total. The molecule has 0 bridgehead atoms. The molecule has 0 N–H and O–H groups in total. The van der Waals surface area contributed by atoms with Gasteiger partial charge in [-0.1, -0.05) is 152 Å². The molecule has 0 aliphatic heterocycles. The number of nitrogens with zero attached hydrogens (tertiary/aromatic N) is 3. The Morgan fingerprint density at radius 1 is 0.333 bits per heavy atom. The smallest absolute Gasteiger partial charge is 0.165 e. The van der Waals surface area contributed by atoms with E-state index < -0.39 is 0 Å². The summed E-state index contributed by atoms with van der Waals surface area (Å²) in [4.78, 5) is 15.5. The van der Waals surface area contributed by atoms with Crippen molar-refractivity contribution in [1.82, 2.24) is 15.0 Å². The summed E-state index contributed by atoms with van der Waals surface area (Å²) in [6.07, 6.45) is 0. The number of rotatable bonds is 5. The number of aromatic nitrogens is 3. The minimum Gasteiger partial charge on any atom is -0.456 e. The monoisotopic (exact) mass is 651 g/mol. The molecule has 2 heterocycles. The highest BCUT2D eigenvalue weighted by atomic mass is 16.3. The van der Waals surface area contributed by atoms with Crippen LogP contribution in [0.5, 0.6) is 0 Å². The van der Waals surface area contributed by atoms with Gasteiger partial charge in [0.15, 0.2) is 17.5 Å². The third kappa shape index (κ3) is 5.04. The highest BCUT2D eigenvalue weighted by molar-refractivity contribution is 6.16. The Morgan fingerprint density at radius 2 is 0.882 bits per heavy atom. The van der Waals surface area contributed by atoms with E-state index in [1.807, 2.05) is 48.5 Å². The van der Waals surface area contributed by atoms with Gasteiger partial charge in [-0.2, -0.15) is 0 Å². The molecule has 0 radical (unpaired) electrons. The number of fused-ring (bicyclic) bond motifs is 6. The number of para-hydroxylation sites is 1. The van der Waals surface area contributed by atoms with Crippen LogP contribution in [0.4, 0.5) is 0 Å². The first-order valence-electron chi connectivity index (χ1n) is 17.1. The normalized spacial score (nSPS) is 11.5. The maximum Gasteiger partial charge on any atom is 0.165 e. The lowest BCUT2D eigenvalue weighted by Crippen LogP contribution is -2.01. The van der Waals surface area contributed by atoms with Gasteiger partial charge in [-0.3, -0.25) is 0 Å². The second-order valence-electron chi connectivity index (χ2n) is 12.8. The third-order valence-corrected chi connectivity index (χ3v) is 9.74. The van der Waals surface area contributed by atoms with Crippen LogP contribution in [0.1, 0.15) is 0 Å². The summed E-state index contributed by atoms with van der Waals surface area (Å²) >= 11 is 0. The van der Waals surface area contributed by atoms with Gasteiger partial charge in [-0.15, -0.1) is 0 Å². The van der Waals surface area contributed by atoms with Crippen LogP contribution in [0.2, 0.25) is 0 Å². The molecule has 10 rings (SSSR count). The standard InChI is InChI=1S/C47H29N3O/c1-3-11-30(12-4-1)31-19-22-34(23-20-31)46-48-45(33-14-5-2-6-15-33)49-47(50-46)44-39(27-28-42-43(44)40-17-9-10-18-41(40)51-42)36-25-26-38-35(29-36)24-21-32-13-7-8-16-37(32)38/h1-29H. The molecule has 0 atom stereocenters. The zero-order valence-corrected chi connectivity index (χ0v) is 27.5. The first-order valence-corrected chi connectivity index (χ1v) is 17.1. The maximum absolute atomic E-state index is 6.44. The van der Waals surface area contributed by atoms with E-state index in [-0.39, 0.29) is 0 Å². The molecule has 2 aromatic heterocycles. The van der Waals surface area contributed by atoms with Crippen molar-refractivity contribution < 1.29 is 4.42 Å². The van der Waals surface area contributed by atoms with Gasteiger partial charge in [0.2, 0.25) is 0 Å². The van der Waals surface area contributed by atoms with Gasteiger partial charge < -0.3 is 4.42 Å². The molecule has 238 valence electrons. The van der Waals surface area contributed by atoms with E-state index in [9.17, 15) is 0 Å². The maximum atomic E-state index is 6.44. The van der Waals surface area contributed by atoms with Crippen LogP contribution in [-0.4, -0.2) is 15.0 Å². The molecule has 0 aliphatic carbocycles. The Hall–Kier alpha value is -6.91. The van der Waals surface area contributed by atoms with E-state index in [2.05, 4.69) is 127 Å². The van der Waals surface area contributed by atoms with Crippen LogP contribution in [0.25, 0.3) is 99.9 Å². The molecular weight excluding hydrogens is 623 g/mol. The fraction of sp³-hybridized carbons (Fsp3) is 0. The topological polar surface area (TPSA) is 51.8 Å². The predicted octanol–water partition coefficient (Wildman–Crippen LogP) is 12.4. The fourth-order valence-corrected chi connectivity index (χ4v) is 7.25. The lowest BCUT2D eigenvalue weighted by Gasteiger charge is -2.14. The molecule has 51 heavy (non-hydrogen) atoms. The van der Waals surface area contributed by atoms with Gasteiger partial charge >= 0.3 is 0 Å². The van der Waals surface area contributed by atoms with Gasteiger partial charge in [0, 0.05) is 27.5 Å². The zero-order valence-electron chi connectivity index (χ0n) is 27.5. The van der Waals surface area contributed by atoms with Crippen molar-refractivity contribution in [2.24, 2.45) is 0 Å². The van der Waals surface area contributed by atoms with E-state index >= 15 is 0 Å². The lowest BCUT2D eigenvalue weighted by atomic mass is 9.92. The molecule has 0 saturated carbocycles. The van der Waals surface area contributed by atoms with Crippen LogP contribution in [0, 0.1) is 0 Å².